The van der Waals surface area contributed by atoms with E-state index in [0.717, 1.165) is 24.0 Å². The molecule has 0 spiro atoms. The van der Waals surface area contributed by atoms with Gasteiger partial charge in [0, 0.05) is 12.7 Å². The molecule has 3 aromatic rings. The van der Waals surface area contributed by atoms with Gasteiger partial charge in [0.05, 0.1) is 14.2 Å². The molecule has 0 aliphatic heterocycles. The fourth-order valence-electron chi connectivity index (χ4n) is 4.22. The maximum Gasteiger partial charge on any atom is 0.432 e. The monoisotopic (exact) mass is 542 g/mol. The summed E-state index contributed by atoms with van der Waals surface area (Å²) in [7, 11) is 4.03. The van der Waals surface area contributed by atoms with Crippen molar-refractivity contribution in [2.24, 2.45) is 0 Å². The van der Waals surface area contributed by atoms with Crippen molar-refractivity contribution < 1.29 is 36.9 Å². The van der Waals surface area contributed by atoms with E-state index in [1.54, 1.807) is 20.3 Å². The number of ether oxygens (including phenoxy) is 4. The molecule has 2 atom stereocenters. The number of allylic oxidation sites excluding steroid dienone is 1. The summed E-state index contributed by atoms with van der Waals surface area (Å²) >= 11 is 0. The van der Waals surface area contributed by atoms with Crippen LogP contribution >= 0.6 is 0 Å². The molecule has 3 aromatic carbocycles. The number of carbonyl (C=O) groups is 1. The Morgan fingerprint density at radius 1 is 0.821 bits per heavy atom. The average Bonchev–Trinajstić information content (AvgIpc) is 2.95. The lowest BCUT2D eigenvalue weighted by atomic mass is 9.92. The fraction of sp³-hybridized carbons (Fsp3) is 0.323. The Hall–Kier alpha value is -3.78. The predicted molar refractivity (Wildman–Crippen MR) is 144 cm³/mol. The third-order valence-corrected chi connectivity index (χ3v) is 6.44. The smallest absolute Gasteiger partial charge is 0.432 e. The third kappa shape index (κ3) is 7.63. The number of halogens is 3. The van der Waals surface area contributed by atoms with Gasteiger partial charge in [0.1, 0.15) is 17.6 Å². The second-order valence-electron chi connectivity index (χ2n) is 8.92. The minimum atomic E-state index is -5.03. The molecular formula is C31H33F3O5. The van der Waals surface area contributed by atoms with Gasteiger partial charge in [-0.2, -0.15) is 13.2 Å². The van der Waals surface area contributed by atoms with E-state index < -0.39 is 23.9 Å². The summed E-state index contributed by atoms with van der Waals surface area (Å²) in [5, 5.41) is 0. The summed E-state index contributed by atoms with van der Waals surface area (Å²) in [6.45, 7) is 0. The van der Waals surface area contributed by atoms with E-state index in [2.05, 4.69) is 0 Å². The van der Waals surface area contributed by atoms with Crippen molar-refractivity contribution in [2.75, 3.05) is 21.3 Å². The molecule has 0 bridgehead atoms. The molecule has 0 aromatic heterocycles. The molecular weight excluding hydrogens is 509 g/mol. The zero-order valence-corrected chi connectivity index (χ0v) is 22.2. The van der Waals surface area contributed by atoms with Gasteiger partial charge in [-0.1, -0.05) is 66.7 Å². The number of rotatable bonds is 13. The molecule has 0 N–H and O–H groups in total. The van der Waals surface area contributed by atoms with Crippen molar-refractivity contribution >= 4 is 12.0 Å². The van der Waals surface area contributed by atoms with Crippen LogP contribution in [0.1, 0.15) is 36.0 Å². The van der Waals surface area contributed by atoms with Gasteiger partial charge in [0.2, 0.25) is 0 Å². The highest BCUT2D eigenvalue weighted by Gasteiger charge is 2.64. The van der Waals surface area contributed by atoms with E-state index in [4.69, 9.17) is 18.9 Å². The number of aryl methyl sites for hydroxylation is 1. The van der Waals surface area contributed by atoms with Crippen LogP contribution < -0.4 is 9.47 Å². The van der Waals surface area contributed by atoms with Crippen LogP contribution in [0.5, 0.6) is 11.5 Å². The highest BCUT2D eigenvalue weighted by atomic mass is 19.4. The Labute approximate surface area is 227 Å². The van der Waals surface area contributed by atoms with Crippen LogP contribution in [-0.2, 0) is 26.3 Å². The van der Waals surface area contributed by atoms with E-state index in [-0.39, 0.29) is 5.56 Å². The summed E-state index contributed by atoms with van der Waals surface area (Å²) in [5.74, 6) is -0.0479. The standard InChI is InChI=1S/C31H33F3O5/c1-36-26-18-13-23(14-19-26)9-7-8-12-28(22-17-24-15-20-27(37-2)21-16-24)39-29(35)30(38-3,31(32,33)34)25-10-5-4-6-11-25/h4-7,9-11,13-16,18-21,28H,8,12,17,22H2,1-3H3/b9-7+/t28-,30+/m0/s1. The van der Waals surface area contributed by atoms with E-state index in [9.17, 15) is 18.0 Å². The fourth-order valence-corrected chi connectivity index (χ4v) is 4.22. The average molecular weight is 543 g/mol. The minimum absolute atomic E-state index is 0.334. The first-order valence-corrected chi connectivity index (χ1v) is 12.6. The molecule has 8 heteroatoms. The molecule has 0 saturated carbocycles. The molecule has 39 heavy (non-hydrogen) atoms. The van der Waals surface area contributed by atoms with Gasteiger partial charge in [-0.3, -0.25) is 0 Å². The first kappa shape index (κ1) is 29.8. The first-order chi connectivity index (χ1) is 18.7. The molecule has 0 saturated heterocycles. The van der Waals surface area contributed by atoms with Crippen molar-refractivity contribution in [3.63, 3.8) is 0 Å². The number of hydrogen-bond donors (Lipinski definition) is 0. The number of methoxy groups -OCH3 is 3. The summed E-state index contributed by atoms with van der Waals surface area (Å²) in [5.41, 5.74) is -1.67. The van der Waals surface area contributed by atoms with Crippen LogP contribution in [0.2, 0.25) is 0 Å². The summed E-state index contributed by atoms with van der Waals surface area (Å²) in [4.78, 5) is 13.2. The summed E-state index contributed by atoms with van der Waals surface area (Å²) in [6, 6.07) is 21.7. The van der Waals surface area contributed by atoms with E-state index in [0.29, 0.717) is 31.4 Å². The van der Waals surface area contributed by atoms with E-state index in [1.165, 1.54) is 24.3 Å². The molecule has 0 aliphatic carbocycles. The van der Waals surface area contributed by atoms with Crippen molar-refractivity contribution in [3.8, 4) is 11.5 Å². The lowest BCUT2D eigenvalue weighted by Gasteiger charge is -2.33. The van der Waals surface area contributed by atoms with Gasteiger partial charge in [-0.15, -0.1) is 0 Å². The summed E-state index contributed by atoms with van der Waals surface area (Å²) in [6.07, 6.45) is -0.343. The van der Waals surface area contributed by atoms with Gasteiger partial charge in [0.15, 0.2) is 0 Å². The lowest BCUT2D eigenvalue weighted by Crippen LogP contribution is -2.52. The van der Waals surface area contributed by atoms with Gasteiger partial charge >= 0.3 is 12.1 Å². The van der Waals surface area contributed by atoms with Crippen LogP contribution in [0, 0.1) is 0 Å². The van der Waals surface area contributed by atoms with Crippen molar-refractivity contribution in [1.29, 1.82) is 0 Å². The molecule has 0 amide bonds. The zero-order valence-electron chi connectivity index (χ0n) is 22.2. The molecule has 5 nitrogen and oxygen atoms in total. The highest BCUT2D eigenvalue weighted by molar-refractivity contribution is 5.82. The van der Waals surface area contributed by atoms with Gasteiger partial charge in [-0.05, 0) is 61.1 Å². The van der Waals surface area contributed by atoms with Crippen LogP contribution in [0.4, 0.5) is 13.2 Å². The maximum absolute atomic E-state index is 14.4. The molecule has 0 fully saturated rings. The molecule has 0 radical (unpaired) electrons. The van der Waals surface area contributed by atoms with Crippen LogP contribution in [-0.4, -0.2) is 39.6 Å². The Morgan fingerprint density at radius 3 is 1.95 bits per heavy atom. The Morgan fingerprint density at radius 2 is 1.41 bits per heavy atom. The van der Waals surface area contributed by atoms with E-state index >= 15 is 0 Å². The SMILES string of the molecule is COc1ccc(/C=C/CC[C@@H](CCc2ccc(OC)cc2)OC(=O)[C@](OC)(c2ccccc2)C(F)(F)F)cc1. The van der Waals surface area contributed by atoms with Crippen LogP contribution in [0.15, 0.2) is 84.9 Å². The first-order valence-electron chi connectivity index (χ1n) is 12.6. The lowest BCUT2D eigenvalue weighted by molar-refractivity contribution is -0.278. The number of alkyl halides is 3. The van der Waals surface area contributed by atoms with Gasteiger partial charge in [0.25, 0.3) is 5.60 Å². The Bertz CT molecular complexity index is 1190. The second-order valence-corrected chi connectivity index (χ2v) is 8.92. The molecule has 0 unspecified atom stereocenters. The third-order valence-electron chi connectivity index (χ3n) is 6.44. The van der Waals surface area contributed by atoms with Crippen molar-refractivity contribution in [1.82, 2.24) is 0 Å². The summed E-state index contributed by atoms with van der Waals surface area (Å²) < 4.78 is 64.0. The van der Waals surface area contributed by atoms with Crippen LogP contribution in [0.3, 0.4) is 0 Å². The maximum atomic E-state index is 14.4. The van der Waals surface area contributed by atoms with Crippen molar-refractivity contribution in [3.05, 3.63) is 102 Å². The number of esters is 1. The predicted octanol–water partition coefficient (Wildman–Crippen LogP) is 7.15. The molecule has 0 aliphatic rings. The van der Waals surface area contributed by atoms with Crippen molar-refractivity contribution in [2.45, 2.75) is 43.6 Å². The topological polar surface area (TPSA) is 54.0 Å². The van der Waals surface area contributed by atoms with Gasteiger partial charge < -0.3 is 18.9 Å². The number of carbonyl (C=O) groups excluding carboxylic acids is 1. The minimum Gasteiger partial charge on any atom is -0.497 e. The van der Waals surface area contributed by atoms with Gasteiger partial charge in [-0.25, -0.2) is 4.79 Å². The largest absolute Gasteiger partial charge is 0.497 e. The number of hydrogen-bond acceptors (Lipinski definition) is 5. The quantitative estimate of drug-likeness (QED) is 0.215. The Balaban J connectivity index is 1.78. The highest BCUT2D eigenvalue weighted by Crippen LogP contribution is 2.43. The Kier molecular flexibility index (Phi) is 10.6. The normalized spacial score (nSPS) is 14.0. The molecule has 208 valence electrons. The molecule has 0 heterocycles. The van der Waals surface area contributed by atoms with Crippen LogP contribution in [0.25, 0.3) is 6.08 Å². The second kappa shape index (κ2) is 13.8. The number of benzene rings is 3. The zero-order chi connectivity index (χ0) is 28.3. The van der Waals surface area contributed by atoms with E-state index in [1.807, 2.05) is 60.7 Å². The molecule has 3 rings (SSSR count).